The molecule has 0 aliphatic heterocycles. The van der Waals surface area contributed by atoms with Gasteiger partial charge in [-0.25, -0.2) is 4.79 Å². The fourth-order valence-corrected chi connectivity index (χ4v) is 2.74. The molecule has 4 heteroatoms. The van der Waals surface area contributed by atoms with E-state index in [9.17, 15) is 4.79 Å². The Morgan fingerprint density at radius 1 is 1.45 bits per heavy atom. The van der Waals surface area contributed by atoms with E-state index in [0.717, 1.165) is 23.0 Å². The molecule has 0 fully saturated rings. The van der Waals surface area contributed by atoms with Gasteiger partial charge >= 0.3 is 5.97 Å². The largest absolute Gasteiger partial charge is 0.467 e. The van der Waals surface area contributed by atoms with E-state index in [4.69, 9.17) is 4.74 Å². The first-order valence-corrected chi connectivity index (χ1v) is 7.89. The molecule has 0 heterocycles. The van der Waals surface area contributed by atoms with E-state index < -0.39 is 5.54 Å². The Bertz CT molecular complexity index is 450. The van der Waals surface area contributed by atoms with E-state index in [1.165, 1.54) is 7.11 Å². The molecule has 0 aromatic heterocycles. The first-order chi connectivity index (χ1) is 9.47. The van der Waals surface area contributed by atoms with Crippen molar-refractivity contribution in [3.05, 3.63) is 28.7 Å². The van der Waals surface area contributed by atoms with E-state index in [0.29, 0.717) is 12.3 Å². The molecule has 0 spiro atoms. The van der Waals surface area contributed by atoms with Crippen molar-refractivity contribution in [2.75, 3.05) is 12.4 Å². The molecule has 0 aliphatic carbocycles. The highest BCUT2D eigenvalue weighted by molar-refractivity contribution is 9.10. The Labute approximate surface area is 130 Å². The molecule has 3 nitrogen and oxygen atoms in total. The van der Waals surface area contributed by atoms with Gasteiger partial charge in [-0.3, -0.25) is 0 Å². The van der Waals surface area contributed by atoms with Gasteiger partial charge in [0.15, 0.2) is 0 Å². The number of carbonyl (C=O) groups is 1. The van der Waals surface area contributed by atoms with Gasteiger partial charge < -0.3 is 10.1 Å². The highest BCUT2D eigenvalue weighted by Crippen LogP contribution is 2.29. The van der Waals surface area contributed by atoms with Crippen LogP contribution >= 0.6 is 15.9 Å². The second-order valence-electron chi connectivity index (χ2n) is 5.28. The predicted molar refractivity (Wildman–Crippen MR) is 86.9 cm³/mol. The summed E-state index contributed by atoms with van der Waals surface area (Å²) < 4.78 is 6.03. The van der Waals surface area contributed by atoms with E-state index >= 15 is 0 Å². The van der Waals surface area contributed by atoms with Crippen LogP contribution in [0, 0.1) is 5.92 Å². The van der Waals surface area contributed by atoms with Crippen molar-refractivity contribution in [1.29, 1.82) is 0 Å². The van der Waals surface area contributed by atoms with Crippen molar-refractivity contribution in [2.45, 2.75) is 45.6 Å². The van der Waals surface area contributed by atoms with Gasteiger partial charge in [0, 0.05) is 10.2 Å². The van der Waals surface area contributed by atoms with Gasteiger partial charge in [-0.2, -0.15) is 0 Å². The number of hydrogen-bond acceptors (Lipinski definition) is 3. The molecule has 0 saturated heterocycles. The van der Waals surface area contributed by atoms with Crippen molar-refractivity contribution in [3.8, 4) is 0 Å². The topological polar surface area (TPSA) is 38.3 Å². The predicted octanol–water partition coefficient (Wildman–Crippen LogP) is 4.62. The van der Waals surface area contributed by atoms with Crippen LogP contribution in [0.4, 0.5) is 5.69 Å². The van der Waals surface area contributed by atoms with Gasteiger partial charge in [0.25, 0.3) is 0 Å². The van der Waals surface area contributed by atoms with Crippen molar-refractivity contribution in [1.82, 2.24) is 0 Å². The number of ether oxygens (including phenoxy) is 1. The van der Waals surface area contributed by atoms with Gasteiger partial charge in [-0.15, -0.1) is 0 Å². The monoisotopic (exact) mass is 341 g/mol. The Hall–Kier alpha value is -1.03. The molecular weight excluding hydrogens is 318 g/mol. The SMILES string of the molecule is CCC(C)CC(CC)(Nc1cccc(Br)c1)C(=O)OC. The molecule has 1 N–H and O–H groups in total. The van der Waals surface area contributed by atoms with Gasteiger partial charge in [0.05, 0.1) is 7.11 Å². The number of benzene rings is 1. The minimum atomic E-state index is -0.662. The summed E-state index contributed by atoms with van der Waals surface area (Å²) in [7, 11) is 1.45. The number of esters is 1. The first-order valence-electron chi connectivity index (χ1n) is 7.09. The Kier molecular flexibility index (Phi) is 6.53. The fourth-order valence-electron chi connectivity index (χ4n) is 2.34. The highest BCUT2D eigenvalue weighted by atomic mass is 79.9. The van der Waals surface area contributed by atoms with Crippen molar-refractivity contribution < 1.29 is 9.53 Å². The van der Waals surface area contributed by atoms with Crippen LogP contribution in [-0.2, 0) is 9.53 Å². The molecule has 0 amide bonds. The lowest BCUT2D eigenvalue weighted by Crippen LogP contribution is -2.48. The maximum Gasteiger partial charge on any atom is 0.331 e. The summed E-state index contributed by atoms with van der Waals surface area (Å²) in [5.74, 6) is 0.258. The third kappa shape index (κ3) is 4.23. The molecular formula is C16H24BrNO2. The summed E-state index contributed by atoms with van der Waals surface area (Å²) in [6, 6.07) is 7.86. The zero-order valence-corrected chi connectivity index (χ0v) is 14.3. The number of anilines is 1. The van der Waals surface area contributed by atoms with Crippen LogP contribution < -0.4 is 5.32 Å². The van der Waals surface area contributed by atoms with Crippen LogP contribution in [0.5, 0.6) is 0 Å². The summed E-state index contributed by atoms with van der Waals surface area (Å²) in [6.45, 7) is 6.32. The maximum absolute atomic E-state index is 12.3. The van der Waals surface area contributed by atoms with Crippen molar-refractivity contribution >= 4 is 27.6 Å². The number of nitrogens with one attached hydrogen (secondary N) is 1. The summed E-state index contributed by atoms with van der Waals surface area (Å²) >= 11 is 3.45. The summed E-state index contributed by atoms with van der Waals surface area (Å²) in [4.78, 5) is 12.3. The Balaban J connectivity index is 3.05. The molecule has 0 bridgehead atoms. The highest BCUT2D eigenvalue weighted by Gasteiger charge is 2.38. The molecule has 20 heavy (non-hydrogen) atoms. The molecule has 2 atom stereocenters. The van der Waals surface area contributed by atoms with E-state index in [1.807, 2.05) is 31.2 Å². The lowest BCUT2D eigenvalue weighted by Gasteiger charge is -2.34. The third-order valence-electron chi connectivity index (χ3n) is 3.78. The van der Waals surface area contributed by atoms with Crippen LogP contribution in [0.2, 0.25) is 0 Å². The van der Waals surface area contributed by atoms with Crippen LogP contribution in [0.15, 0.2) is 28.7 Å². The minimum absolute atomic E-state index is 0.194. The van der Waals surface area contributed by atoms with Crippen LogP contribution in [-0.4, -0.2) is 18.6 Å². The van der Waals surface area contributed by atoms with Crippen molar-refractivity contribution in [3.63, 3.8) is 0 Å². The lowest BCUT2D eigenvalue weighted by molar-refractivity contribution is -0.146. The number of hydrogen-bond donors (Lipinski definition) is 1. The van der Waals surface area contributed by atoms with Gasteiger partial charge in [0.2, 0.25) is 0 Å². The molecule has 1 rings (SSSR count). The van der Waals surface area contributed by atoms with E-state index in [2.05, 4.69) is 35.1 Å². The third-order valence-corrected chi connectivity index (χ3v) is 4.28. The Morgan fingerprint density at radius 2 is 2.15 bits per heavy atom. The smallest absolute Gasteiger partial charge is 0.331 e. The molecule has 1 aromatic rings. The standard InChI is InChI=1S/C16H24BrNO2/c1-5-12(3)11-16(6-2,15(19)20-4)18-14-9-7-8-13(17)10-14/h7-10,12,18H,5-6,11H2,1-4H3. The van der Waals surface area contributed by atoms with Gasteiger partial charge in [0.1, 0.15) is 5.54 Å². The van der Waals surface area contributed by atoms with Crippen LogP contribution in [0.25, 0.3) is 0 Å². The first kappa shape index (κ1) is 17.0. The van der Waals surface area contributed by atoms with Crippen LogP contribution in [0.1, 0.15) is 40.0 Å². The maximum atomic E-state index is 12.3. The molecule has 0 radical (unpaired) electrons. The quantitative estimate of drug-likeness (QED) is 0.735. The zero-order valence-electron chi connectivity index (χ0n) is 12.7. The Morgan fingerprint density at radius 3 is 2.65 bits per heavy atom. The second kappa shape index (κ2) is 7.67. The molecule has 0 saturated carbocycles. The minimum Gasteiger partial charge on any atom is -0.467 e. The van der Waals surface area contributed by atoms with Gasteiger partial charge in [-0.1, -0.05) is 49.2 Å². The normalized spacial score (nSPS) is 15.2. The number of carbonyl (C=O) groups excluding carboxylic acids is 1. The van der Waals surface area contributed by atoms with Crippen LogP contribution in [0.3, 0.4) is 0 Å². The molecule has 1 aromatic carbocycles. The second-order valence-corrected chi connectivity index (χ2v) is 6.20. The fraction of sp³-hybridized carbons (Fsp3) is 0.562. The lowest BCUT2D eigenvalue weighted by atomic mass is 9.84. The average molecular weight is 342 g/mol. The molecule has 2 unspecified atom stereocenters. The van der Waals surface area contributed by atoms with Crippen molar-refractivity contribution in [2.24, 2.45) is 5.92 Å². The summed E-state index contributed by atoms with van der Waals surface area (Å²) in [5, 5.41) is 3.39. The number of methoxy groups -OCH3 is 1. The van der Waals surface area contributed by atoms with E-state index in [1.54, 1.807) is 0 Å². The summed E-state index contributed by atoms with van der Waals surface area (Å²) in [6.07, 6.45) is 2.49. The molecule has 112 valence electrons. The van der Waals surface area contributed by atoms with E-state index in [-0.39, 0.29) is 5.97 Å². The number of rotatable bonds is 7. The summed E-state index contributed by atoms with van der Waals surface area (Å²) in [5.41, 5.74) is 0.264. The number of halogens is 1. The average Bonchev–Trinajstić information content (AvgIpc) is 2.45. The zero-order chi connectivity index (χ0) is 15.2. The molecule has 0 aliphatic rings. The van der Waals surface area contributed by atoms with Gasteiger partial charge in [-0.05, 0) is 37.0 Å².